The lowest BCUT2D eigenvalue weighted by Gasteiger charge is -2.46. The predicted molar refractivity (Wildman–Crippen MR) is 99.0 cm³/mol. The Morgan fingerprint density at radius 1 is 1.22 bits per heavy atom. The first-order valence-corrected chi connectivity index (χ1v) is 9.04. The third-order valence-corrected chi connectivity index (χ3v) is 5.94. The number of hydrogen-bond acceptors (Lipinski definition) is 5. The van der Waals surface area contributed by atoms with Gasteiger partial charge < -0.3 is 15.0 Å². The topological polar surface area (TPSA) is 109 Å². The van der Waals surface area contributed by atoms with E-state index in [-0.39, 0.29) is 11.6 Å². The van der Waals surface area contributed by atoms with Crippen molar-refractivity contribution in [1.82, 2.24) is 0 Å². The van der Waals surface area contributed by atoms with Crippen LogP contribution in [0.3, 0.4) is 0 Å². The normalized spacial score (nSPS) is 28.7. The number of nitriles is 3. The van der Waals surface area contributed by atoms with Gasteiger partial charge in [-0.15, -0.1) is 0 Å². The highest BCUT2D eigenvalue weighted by Crippen LogP contribution is 2.52. The van der Waals surface area contributed by atoms with Crippen LogP contribution < -0.4 is 9.64 Å². The van der Waals surface area contributed by atoms with Gasteiger partial charge in [-0.1, -0.05) is 12.1 Å². The molecule has 0 radical (unpaired) electrons. The summed E-state index contributed by atoms with van der Waals surface area (Å²) in [4.78, 5) is 1.34. The fraction of sp³-hybridized carbons (Fsp3) is 0.429. The van der Waals surface area contributed by atoms with Crippen LogP contribution in [0.15, 0.2) is 35.9 Å². The molecule has 2 aliphatic rings. The molecule has 6 nitrogen and oxygen atoms in total. The smallest absolute Gasteiger partial charge is 0.189 e. The summed E-state index contributed by atoms with van der Waals surface area (Å²) < 4.78 is 5.23. The van der Waals surface area contributed by atoms with Crippen LogP contribution in [0.5, 0.6) is 5.75 Å². The van der Waals surface area contributed by atoms with Crippen molar-refractivity contribution < 1.29 is 9.64 Å². The number of nitrogens with zero attached hydrogens (tertiary/aromatic N) is 3. The molecule has 1 saturated carbocycles. The summed E-state index contributed by atoms with van der Waals surface area (Å²) >= 11 is 0. The van der Waals surface area contributed by atoms with E-state index in [0.717, 1.165) is 30.8 Å². The second-order valence-corrected chi connectivity index (χ2v) is 7.08. The van der Waals surface area contributed by atoms with Crippen LogP contribution in [0.2, 0.25) is 0 Å². The van der Waals surface area contributed by atoms with Crippen molar-refractivity contribution >= 4 is 5.71 Å². The van der Waals surface area contributed by atoms with Crippen LogP contribution >= 0.6 is 0 Å². The molecule has 6 heteroatoms. The fourth-order valence-corrected chi connectivity index (χ4v) is 4.44. The lowest BCUT2D eigenvalue weighted by atomic mass is 9.54. The average molecular weight is 360 g/mol. The van der Waals surface area contributed by atoms with Crippen LogP contribution in [-0.4, -0.2) is 32.5 Å². The van der Waals surface area contributed by atoms with Crippen LogP contribution in [0.1, 0.15) is 18.4 Å². The SMILES string of the molecule is CC[NH+]1CC=C2C(C#N)C(=N)C(C#N)(C#N)[C@@H](c3ccc(OC)cc3)[C@H]2C1. The summed E-state index contributed by atoms with van der Waals surface area (Å²) in [7, 11) is 1.59. The fourth-order valence-electron chi connectivity index (χ4n) is 4.44. The number of nitrogens with one attached hydrogen (secondary N) is 2. The lowest BCUT2D eigenvalue weighted by molar-refractivity contribution is -0.897. The molecule has 136 valence electrons. The maximum Gasteiger partial charge on any atom is 0.189 e. The molecular formula is C21H22N5O+. The molecule has 4 atom stereocenters. The first kappa shape index (κ1) is 18.6. The maximum atomic E-state index is 10.00. The van der Waals surface area contributed by atoms with Crippen molar-refractivity contribution in [2.24, 2.45) is 17.3 Å². The zero-order valence-corrected chi connectivity index (χ0v) is 15.5. The average Bonchev–Trinajstić information content (AvgIpc) is 2.73. The Labute approximate surface area is 159 Å². The summed E-state index contributed by atoms with van der Waals surface area (Å²) in [5, 5.41) is 38.3. The molecule has 27 heavy (non-hydrogen) atoms. The number of ether oxygens (including phenoxy) is 1. The lowest BCUT2D eigenvalue weighted by Crippen LogP contribution is -3.13. The quantitative estimate of drug-likeness (QED) is 0.795. The monoisotopic (exact) mass is 360 g/mol. The van der Waals surface area contributed by atoms with Crippen LogP contribution in [0, 0.1) is 56.7 Å². The van der Waals surface area contributed by atoms with Gasteiger partial charge in [0.2, 0.25) is 0 Å². The number of methoxy groups -OCH3 is 1. The van der Waals surface area contributed by atoms with Crippen molar-refractivity contribution in [3.8, 4) is 24.0 Å². The molecule has 2 N–H and O–H groups in total. The van der Waals surface area contributed by atoms with Crippen LogP contribution in [0.25, 0.3) is 0 Å². The molecule has 1 aromatic carbocycles. The largest absolute Gasteiger partial charge is 0.497 e. The number of hydrogen-bond donors (Lipinski definition) is 2. The van der Waals surface area contributed by atoms with Crippen molar-refractivity contribution in [2.45, 2.75) is 12.8 Å². The number of fused-ring (bicyclic) bond motifs is 1. The summed E-state index contributed by atoms with van der Waals surface area (Å²) in [6, 6.07) is 13.8. The molecule has 2 unspecified atom stereocenters. The van der Waals surface area contributed by atoms with Gasteiger partial charge in [0.1, 0.15) is 11.7 Å². The molecule has 1 fully saturated rings. The molecule has 0 aromatic heterocycles. The molecule has 1 aliphatic heterocycles. The van der Waals surface area contributed by atoms with E-state index in [9.17, 15) is 15.8 Å². The van der Waals surface area contributed by atoms with Gasteiger partial charge in [0.05, 0.1) is 50.7 Å². The number of quaternary nitrogens is 1. The Balaban J connectivity index is 2.21. The highest BCUT2D eigenvalue weighted by Gasteiger charge is 2.58. The van der Waals surface area contributed by atoms with E-state index in [1.54, 1.807) is 7.11 Å². The Morgan fingerprint density at radius 2 is 1.89 bits per heavy atom. The van der Waals surface area contributed by atoms with Crippen molar-refractivity contribution in [2.75, 3.05) is 26.7 Å². The summed E-state index contributed by atoms with van der Waals surface area (Å²) in [6.45, 7) is 4.58. The summed E-state index contributed by atoms with van der Waals surface area (Å²) in [6.07, 6.45) is 2.05. The molecule has 0 spiro atoms. The van der Waals surface area contributed by atoms with Gasteiger partial charge in [-0.05, 0) is 36.3 Å². The Kier molecular flexibility index (Phi) is 5.00. The first-order chi connectivity index (χ1) is 13.1. The van der Waals surface area contributed by atoms with Crippen molar-refractivity contribution in [3.63, 3.8) is 0 Å². The Bertz CT molecular complexity index is 882. The Morgan fingerprint density at radius 3 is 2.41 bits per heavy atom. The van der Waals surface area contributed by atoms with Crippen LogP contribution in [-0.2, 0) is 0 Å². The molecule has 0 amide bonds. The van der Waals surface area contributed by atoms with Gasteiger partial charge in [0.15, 0.2) is 5.41 Å². The van der Waals surface area contributed by atoms with E-state index < -0.39 is 17.3 Å². The minimum Gasteiger partial charge on any atom is -0.497 e. The van der Waals surface area contributed by atoms with Gasteiger partial charge >= 0.3 is 0 Å². The highest BCUT2D eigenvalue weighted by atomic mass is 16.5. The second kappa shape index (κ2) is 7.23. The highest BCUT2D eigenvalue weighted by molar-refractivity contribution is 6.00. The zero-order chi connectivity index (χ0) is 19.6. The van der Waals surface area contributed by atoms with Crippen LogP contribution in [0.4, 0.5) is 0 Å². The van der Waals surface area contributed by atoms with Gasteiger partial charge in [-0.25, -0.2) is 0 Å². The zero-order valence-electron chi connectivity index (χ0n) is 15.5. The predicted octanol–water partition coefficient (Wildman–Crippen LogP) is 1.45. The second-order valence-electron chi connectivity index (χ2n) is 7.08. The van der Waals surface area contributed by atoms with E-state index >= 15 is 0 Å². The molecule has 1 heterocycles. The minimum absolute atomic E-state index is 0.0988. The van der Waals surface area contributed by atoms with Gasteiger partial charge in [-0.2, -0.15) is 15.8 Å². The van der Waals surface area contributed by atoms with Gasteiger partial charge in [0, 0.05) is 11.8 Å². The van der Waals surface area contributed by atoms with Gasteiger partial charge in [0.25, 0.3) is 0 Å². The number of rotatable bonds is 3. The minimum atomic E-state index is -1.65. The standard InChI is InChI=1S/C21H21N5O/c1-3-26-9-8-16-17(10-22)20(25)21(12-23,13-24)19(18(16)11-26)14-4-6-15(27-2)7-5-14/h4-8,17-19,25H,3,9,11H2,1-2H3/p+1/t17?,18-,19-/m0/s1. The number of likely N-dealkylation sites (N-methyl/N-ethyl adjacent to an activating group) is 1. The third kappa shape index (κ3) is 2.78. The molecule has 0 bridgehead atoms. The van der Waals surface area contributed by atoms with Crippen molar-refractivity contribution in [1.29, 1.82) is 21.2 Å². The Hall–Kier alpha value is -3.14. The summed E-state index contributed by atoms with van der Waals surface area (Å²) in [5.74, 6) is -0.717. The van der Waals surface area contributed by atoms with Crippen molar-refractivity contribution in [3.05, 3.63) is 41.5 Å². The van der Waals surface area contributed by atoms with E-state index in [0.29, 0.717) is 5.75 Å². The van der Waals surface area contributed by atoms with Gasteiger partial charge in [-0.3, -0.25) is 0 Å². The molecule has 1 aromatic rings. The molecule has 3 rings (SSSR count). The number of benzene rings is 1. The van der Waals surface area contributed by atoms with E-state index in [4.69, 9.17) is 10.1 Å². The molecular weight excluding hydrogens is 338 g/mol. The molecule has 1 aliphatic carbocycles. The van der Waals surface area contributed by atoms with E-state index in [1.165, 1.54) is 4.90 Å². The van der Waals surface area contributed by atoms with E-state index in [2.05, 4.69) is 25.1 Å². The molecule has 0 saturated heterocycles. The maximum absolute atomic E-state index is 10.00. The third-order valence-electron chi connectivity index (χ3n) is 5.94. The van der Waals surface area contributed by atoms with E-state index in [1.807, 2.05) is 30.3 Å². The first-order valence-electron chi connectivity index (χ1n) is 9.04. The summed E-state index contributed by atoms with van der Waals surface area (Å²) in [5.41, 5.74) is -0.0269.